The van der Waals surface area contributed by atoms with Gasteiger partial charge in [-0.25, -0.2) is 0 Å². The van der Waals surface area contributed by atoms with Gasteiger partial charge in [0.05, 0.1) is 29.5 Å². The van der Waals surface area contributed by atoms with Crippen LogP contribution in [0.5, 0.6) is 5.75 Å². The van der Waals surface area contributed by atoms with Gasteiger partial charge in [-0.15, -0.1) is 0 Å². The number of hydrogen-bond acceptors (Lipinski definition) is 4. The fourth-order valence-electron chi connectivity index (χ4n) is 3.90. The molecule has 31 heavy (non-hydrogen) atoms. The van der Waals surface area contributed by atoms with Gasteiger partial charge >= 0.3 is 0 Å². The van der Waals surface area contributed by atoms with Gasteiger partial charge in [-0.1, -0.05) is 12.1 Å². The minimum Gasteiger partial charge on any atom is -0.497 e. The first-order valence-corrected chi connectivity index (χ1v) is 11.2. The number of benzene rings is 2. The molecule has 1 aliphatic rings. The molecular formula is C24H27BrN4O2. The molecule has 2 heterocycles. The van der Waals surface area contributed by atoms with Crippen LogP contribution in [0.15, 0.2) is 53.0 Å². The van der Waals surface area contributed by atoms with E-state index >= 15 is 0 Å². The smallest absolute Gasteiger partial charge is 0.253 e. The molecule has 0 aliphatic carbocycles. The number of halogens is 1. The molecule has 7 heteroatoms. The summed E-state index contributed by atoms with van der Waals surface area (Å²) >= 11 is 3.57. The van der Waals surface area contributed by atoms with Crippen LogP contribution in [0.4, 0.5) is 5.69 Å². The largest absolute Gasteiger partial charge is 0.497 e. The lowest BCUT2D eigenvalue weighted by Gasteiger charge is -2.36. The van der Waals surface area contributed by atoms with Gasteiger partial charge in [0.1, 0.15) is 5.75 Å². The van der Waals surface area contributed by atoms with Crippen LogP contribution in [0.3, 0.4) is 0 Å². The van der Waals surface area contributed by atoms with E-state index in [1.54, 1.807) is 7.11 Å². The maximum atomic E-state index is 13.0. The average molecular weight is 483 g/mol. The molecule has 1 saturated heterocycles. The summed E-state index contributed by atoms with van der Waals surface area (Å²) in [5, 5.41) is 4.56. The number of aryl methyl sites for hydroxylation is 1. The Kier molecular flexibility index (Phi) is 6.32. The molecule has 6 nitrogen and oxygen atoms in total. The Hall–Kier alpha value is -2.80. The summed E-state index contributed by atoms with van der Waals surface area (Å²) in [6.45, 7) is 7.80. The van der Waals surface area contributed by atoms with Crippen LogP contribution >= 0.6 is 15.9 Å². The quantitative estimate of drug-likeness (QED) is 0.544. The number of rotatable bonds is 5. The summed E-state index contributed by atoms with van der Waals surface area (Å²) in [6, 6.07) is 16.0. The zero-order valence-electron chi connectivity index (χ0n) is 18.1. The van der Waals surface area contributed by atoms with Gasteiger partial charge in [-0.2, -0.15) is 5.10 Å². The second-order valence-electron chi connectivity index (χ2n) is 7.82. The highest BCUT2D eigenvalue weighted by Gasteiger charge is 2.22. The number of ether oxygens (including phenoxy) is 1. The van der Waals surface area contributed by atoms with Crippen molar-refractivity contribution in [2.45, 2.75) is 20.4 Å². The first-order chi connectivity index (χ1) is 15.0. The number of methoxy groups -OCH3 is 1. The van der Waals surface area contributed by atoms with Crippen LogP contribution in [0.25, 0.3) is 0 Å². The summed E-state index contributed by atoms with van der Waals surface area (Å²) in [6.07, 6.45) is 0. The SMILES string of the molecule is COc1ccc(N2CCN(C(=O)c3ccc(Cn4nc(C)c(Br)c4C)cc3)CC2)cc1. The predicted octanol–water partition coefficient (Wildman–Crippen LogP) is 4.28. The molecule has 0 spiro atoms. The molecular weight excluding hydrogens is 456 g/mol. The van der Waals surface area contributed by atoms with E-state index in [0.717, 1.165) is 51.5 Å². The van der Waals surface area contributed by atoms with Crippen LogP contribution in [-0.4, -0.2) is 53.9 Å². The molecule has 0 unspecified atom stereocenters. The Bertz CT molecular complexity index is 1050. The normalized spacial score (nSPS) is 14.1. The van der Waals surface area contributed by atoms with Crippen molar-refractivity contribution < 1.29 is 9.53 Å². The second kappa shape index (κ2) is 9.14. The zero-order valence-corrected chi connectivity index (χ0v) is 19.7. The summed E-state index contributed by atoms with van der Waals surface area (Å²) in [5.74, 6) is 0.946. The third-order valence-corrected chi connectivity index (χ3v) is 6.98. The third-order valence-electron chi connectivity index (χ3n) is 5.83. The standard InChI is InChI=1S/C24H27BrN4O2/c1-17-23(25)18(2)29(26-17)16-19-4-6-20(7-5-19)24(30)28-14-12-27(13-15-28)21-8-10-22(31-3)11-9-21/h4-11H,12-16H2,1-3H3. The molecule has 4 rings (SSSR count). The van der Waals surface area contributed by atoms with Gasteiger partial charge in [0.2, 0.25) is 0 Å². The molecule has 1 aliphatic heterocycles. The fraction of sp³-hybridized carbons (Fsp3) is 0.333. The van der Waals surface area contributed by atoms with E-state index in [-0.39, 0.29) is 5.91 Å². The van der Waals surface area contributed by atoms with E-state index in [2.05, 4.69) is 38.1 Å². The fourth-order valence-corrected chi connectivity index (χ4v) is 4.18. The minimum atomic E-state index is 0.0924. The van der Waals surface area contributed by atoms with Crippen molar-refractivity contribution in [3.8, 4) is 5.75 Å². The number of anilines is 1. The molecule has 0 N–H and O–H groups in total. The molecule has 0 radical (unpaired) electrons. The number of amides is 1. The van der Waals surface area contributed by atoms with E-state index in [1.807, 2.05) is 59.8 Å². The van der Waals surface area contributed by atoms with Crippen molar-refractivity contribution in [2.24, 2.45) is 0 Å². The van der Waals surface area contributed by atoms with E-state index in [1.165, 1.54) is 0 Å². The molecule has 0 bridgehead atoms. The number of piperazine rings is 1. The highest BCUT2D eigenvalue weighted by atomic mass is 79.9. The molecule has 3 aromatic rings. The zero-order chi connectivity index (χ0) is 22.0. The maximum Gasteiger partial charge on any atom is 0.253 e. The molecule has 1 fully saturated rings. The Morgan fingerprint density at radius 2 is 1.65 bits per heavy atom. The van der Waals surface area contributed by atoms with E-state index in [4.69, 9.17) is 4.74 Å². The maximum absolute atomic E-state index is 13.0. The van der Waals surface area contributed by atoms with Crippen molar-refractivity contribution in [3.63, 3.8) is 0 Å². The summed E-state index contributed by atoms with van der Waals surface area (Å²) in [4.78, 5) is 17.2. The highest BCUT2D eigenvalue weighted by molar-refractivity contribution is 9.10. The summed E-state index contributed by atoms with van der Waals surface area (Å²) in [7, 11) is 1.67. The van der Waals surface area contributed by atoms with E-state index in [0.29, 0.717) is 19.6 Å². The monoisotopic (exact) mass is 482 g/mol. The molecule has 162 valence electrons. The summed E-state index contributed by atoms with van der Waals surface area (Å²) in [5.41, 5.74) is 5.11. The Morgan fingerprint density at radius 1 is 1.00 bits per heavy atom. The number of aromatic nitrogens is 2. The van der Waals surface area contributed by atoms with Gasteiger partial charge in [0.25, 0.3) is 5.91 Å². The van der Waals surface area contributed by atoms with Crippen molar-refractivity contribution in [1.82, 2.24) is 14.7 Å². The molecule has 2 aromatic carbocycles. The molecule has 1 amide bonds. The van der Waals surface area contributed by atoms with Crippen LogP contribution in [-0.2, 0) is 6.54 Å². The Labute approximate surface area is 191 Å². The number of nitrogens with zero attached hydrogens (tertiary/aromatic N) is 4. The molecule has 1 aromatic heterocycles. The Balaban J connectivity index is 1.36. The lowest BCUT2D eigenvalue weighted by molar-refractivity contribution is 0.0747. The Morgan fingerprint density at radius 3 is 2.19 bits per heavy atom. The number of carbonyl (C=O) groups is 1. The van der Waals surface area contributed by atoms with Crippen LogP contribution in [0.2, 0.25) is 0 Å². The third kappa shape index (κ3) is 4.61. The van der Waals surface area contributed by atoms with Crippen LogP contribution in [0.1, 0.15) is 27.3 Å². The van der Waals surface area contributed by atoms with Crippen molar-refractivity contribution in [2.75, 3.05) is 38.2 Å². The molecule has 0 atom stereocenters. The van der Waals surface area contributed by atoms with E-state index in [9.17, 15) is 4.79 Å². The van der Waals surface area contributed by atoms with Crippen molar-refractivity contribution in [3.05, 3.63) is 75.5 Å². The van der Waals surface area contributed by atoms with Gasteiger partial charge < -0.3 is 14.5 Å². The van der Waals surface area contributed by atoms with Gasteiger partial charge in [-0.05, 0) is 71.7 Å². The first-order valence-electron chi connectivity index (χ1n) is 10.4. The molecule has 0 saturated carbocycles. The van der Waals surface area contributed by atoms with Gasteiger partial charge in [-0.3, -0.25) is 9.48 Å². The second-order valence-corrected chi connectivity index (χ2v) is 8.61. The van der Waals surface area contributed by atoms with Gasteiger partial charge in [0.15, 0.2) is 0 Å². The first kappa shape index (κ1) is 21.4. The minimum absolute atomic E-state index is 0.0924. The lowest BCUT2D eigenvalue weighted by atomic mass is 10.1. The number of hydrogen-bond donors (Lipinski definition) is 0. The average Bonchev–Trinajstić information content (AvgIpc) is 3.05. The summed E-state index contributed by atoms with van der Waals surface area (Å²) < 4.78 is 8.26. The topological polar surface area (TPSA) is 50.6 Å². The van der Waals surface area contributed by atoms with Gasteiger partial charge in [0, 0.05) is 37.4 Å². The van der Waals surface area contributed by atoms with Crippen LogP contribution < -0.4 is 9.64 Å². The van der Waals surface area contributed by atoms with Crippen molar-refractivity contribution in [1.29, 1.82) is 0 Å². The lowest BCUT2D eigenvalue weighted by Crippen LogP contribution is -2.48. The highest BCUT2D eigenvalue weighted by Crippen LogP contribution is 2.22. The van der Waals surface area contributed by atoms with Crippen molar-refractivity contribution >= 4 is 27.5 Å². The van der Waals surface area contributed by atoms with Crippen LogP contribution in [0, 0.1) is 13.8 Å². The van der Waals surface area contributed by atoms with E-state index < -0.39 is 0 Å². The predicted molar refractivity (Wildman–Crippen MR) is 126 cm³/mol. The number of carbonyl (C=O) groups excluding carboxylic acids is 1.